The van der Waals surface area contributed by atoms with Crippen LogP contribution in [-0.4, -0.2) is 25.4 Å². The molecule has 1 aliphatic rings. The molecule has 2 N–H and O–H groups in total. The van der Waals surface area contributed by atoms with E-state index in [1.165, 1.54) is 12.1 Å². The molecule has 3 nitrogen and oxygen atoms in total. The molecule has 1 saturated heterocycles. The minimum Gasteiger partial charge on any atom is -0.488 e. The van der Waals surface area contributed by atoms with Crippen molar-refractivity contribution in [3.8, 4) is 5.75 Å². The van der Waals surface area contributed by atoms with E-state index in [9.17, 15) is 4.39 Å². The number of hydrogen-bond acceptors (Lipinski definition) is 3. The molecule has 0 spiro atoms. The van der Waals surface area contributed by atoms with Gasteiger partial charge in [-0.1, -0.05) is 6.92 Å². The van der Waals surface area contributed by atoms with Gasteiger partial charge in [-0.2, -0.15) is 0 Å². The Morgan fingerprint density at radius 3 is 3.00 bits per heavy atom. The second-order valence-electron chi connectivity index (χ2n) is 5.12. The van der Waals surface area contributed by atoms with Gasteiger partial charge in [-0.15, -0.1) is 0 Å². The van der Waals surface area contributed by atoms with E-state index in [0.717, 1.165) is 31.4 Å². The van der Waals surface area contributed by atoms with Crippen LogP contribution in [0, 0.1) is 5.82 Å². The lowest BCUT2D eigenvalue weighted by atomic mass is 10.0. The Bertz CT molecular complexity index is 405. The monoisotopic (exact) mass is 267 g/mol. The van der Waals surface area contributed by atoms with Crippen molar-refractivity contribution in [2.45, 2.75) is 44.8 Å². The molecule has 106 valence electrons. The van der Waals surface area contributed by atoms with E-state index < -0.39 is 0 Å². The fourth-order valence-corrected chi connectivity index (χ4v) is 2.25. The first-order valence-corrected chi connectivity index (χ1v) is 6.97. The van der Waals surface area contributed by atoms with E-state index in [0.29, 0.717) is 18.8 Å². The molecular formula is C15H22FNO2. The van der Waals surface area contributed by atoms with E-state index in [4.69, 9.17) is 15.2 Å². The van der Waals surface area contributed by atoms with Crippen LogP contribution in [0.15, 0.2) is 18.2 Å². The highest BCUT2D eigenvalue weighted by molar-refractivity contribution is 5.30. The number of nitrogens with two attached hydrogens (primary N) is 1. The molecule has 0 amide bonds. The summed E-state index contributed by atoms with van der Waals surface area (Å²) in [5.74, 6) is 0.307. The van der Waals surface area contributed by atoms with Crippen LogP contribution in [0.4, 0.5) is 4.39 Å². The zero-order valence-electron chi connectivity index (χ0n) is 11.4. The van der Waals surface area contributed by atoms with Crippen molar-refractivity contribution in [2.75, 3.05) is 13.2 Å². The third-order valence-electron chi connectivity index (χ3n) is 3.37. The van der Waals surface area contributed by atoms with Crippen LogP contribution in [0.5, 0.6) is 5.75 Å². The number of hydrogen-bond donors (Lipinski definition) is 1. The Morgan fingerprint density at radius 2 is 2.32 bits per heavy atom. The quantitative estimate of drug-likeness (QED) is 0.892. The summed E-state index contributed by atoms with van der Waals surface area (Å²) in [6.07, 6.45) is 3.53. The van der Waals surface area contributed by atoms with Gasteiger partial charge in [0.2, 0.25) is 0 Å². The largest absolute Gasteiger partial charge is 0.488 e. The third kappa shape index (κ3) is 4.48. The van der Waals surface area contributed by atoms with Crippen LogP contribution < -0.4 is 10.5 Å². The zero-order chi connectivity index (χ0) is 13.7. The van der Waals surface area contributed by atoms with Gasteiger partial charge in [-0.25, -0.2) is 4.39 Å². The van der Waals surface area contributed by atoms with Crippen molar-refractivity contribution < 1.29 is 13.9 Å². The molecule has 19 heavy (non-hydrogen) atoms. The second-order valence-corrected chi connectivity index (χ2v) is 5.12. The number of benzene rings is 1. The van der Waals surface area contributed by atoms with Crippen molar-refractivity contribution in [3.63, 3.8) is 0 Å². The molecule has 2 rings (SSSR count). The predicted molar refractivity (Wildman–Crippen MR) is 72.8 cm³/mol. The molecule has 1 aliphatic heterocycles. The Kier molecular flexibility index (Phi) is 5.16. The van der Waals surface area contributed by atoms with Crippen molar-refractivity contribution in [3.05, 3.63) is 29.6 Å². The smallest absolute Gasteiger partial charge is 0.127 e. The lowest BCUT2D eigenvalue weighted by molar-refractivity contribution is 0.00728. The van der Waals surface area contributed by atoms with Gasteiger partial charge in [0.1, 0.15) is 17.7 Å². The summed E-state index contributed by atoms with van der Waals surface area (Å²) in [6, 6.07) is 4.90. The molecule has 0 bridgehead atoms. The molecule has 2 unspecified atom stereocenters. The van der Waals surface area contributed by atoms with Gasteiger partial charge in [-0.05, 0) is 43.4 Å². The van der Waals surface area contributed by atoms with Crippen molar-refractivity contribution in [1.29, 1.82) is 0 Å². The average molecular weight is 267 g/mol. The van der Waals surface area contributed by atoms with Gasteiger partial charge in [0.25, 0.3) is 0 Å². The number of ether oxygens (including phenoxy) is 2. The maximum Gasteiger partial charge on any atom is 0.127 e. The Labute approximate surface area is 113 Å². The third-order valence-corrected chi connectivity index (χ3v) is 3.37. The van der Waals surface area contributed by atoms with E-state index >= 15 is 0 Å². The van der Waals surface area contributed by atoms with E-state index in [-0.39, 0.29) is 18.0 Å². The Morgan fingerprint density at radius 1 is 1.47 bits per heavy atom. The normalized spacial score (nSPS) is 21.1. The highest BCUT2D eigenvalue weighted by Gasteiger charge is 2.16. The topological polar surface area (TPSA) is 44.5 Å². The van der Waals surface area contributed by atoms with Crippen LogP contribution in [0.3, 0.4) is 0 Å². The molecule has 4 heteroatoms. The van der Waals surface area contributed by atoms with Gasteiger partial charge < -0.3 is 15.2 Å². The van der Waals surface area contributed by atoms with E-state index in [1.54, 1.807) is 0 Å². The first-order valence-electron chi connectivity index (χ1n) is 6.97. The van der Waals surface area contributed by atoms with Crippen LogP contribution in [0.1, 0.15) is 31.7 Å². The highest BCUT2D eigenvalue weighted by atomic mass is 19.1. The summed E-state index contributed by atoms with van der Waals surface area (Å²) in [4.78, 5) is 0. The average Bonchev–Trinajstić information content (AvgIpc) is 2.39. The zero-order valence-corrected chi connectivity index (χ0v) is 11.4. The summed E-state index contributed by atoms with van der Waals surface area (Å²) in [5.41, 5.74) is 6.80. The van der Waals surface area contributed by atoms with Gasteiger partial charge in [0.15, 0.2) is 0 Å². The summed E-state index contributed by atoms with van der Waals surface area (Å²) in [5, 5.41) is 0. The molecule has 1 fully saturated rings. The second kappa shape index (κ2) is 6.87. The standard InChI is InChI=1S/C15H22FNO2/c1-2-13(17)7-11-6-12(16)9-15(8-11)19-14-4-3-5-18-10-14/h6,8-9,13-14H,2-5,7,10,17H2,1H3. The predicted octanol–water partition coefficient (Wildman–Crippen LogP) is 2.66. The molecule has 0 aromatic heterocycles. The fraction of sp³-hybridized carbons (Fsp3) is 0.600. The highest BCUT2D eigenvalue weighted by Crippen LogP contribution is 2.21. The molecule has 0 radical (unpaired) electrons. The van der Waals surface area contributed by atoms with Gasteiger partial charge in [0, 0.05) is 18.7 Å². The summed E-state index contributed by atoms with van der Waals surface area (Å²) in [7, 11) is 0. The number of halogens is 1. The first-order chi connectivity index (χ1) is 9.17. The molecule has 0 aliphatic carbocycles. The molecule has 2 atom stereocenters. The SMILES string of the molecule is CCC(N)Cc1cc(F)cc(OC2CCCOC2)c1. The van der Waals surface area contributed by atoms with Crippen molar-refractivity contribution in [2.24, 2.45) is 5.73 Å². The van der Waals surface area contributed by atoms with E-state index in [2.05, 4.69) is 0 Å². The van der Waals surface area contributed by atoms with Crippen LogP contribution in [0.2, 0.25) is 0 Å². The van der Waals surface area contributed by atoms with Crippen molar-refractivity contribution in [1.82, 2.24) is 0 Å². The molecule has 0 saturated carbocycles. The molecule has 1 aromatic carbocycles. The minimum absolute atomic E-state index is 0.0308. The minimum atomic E-state index is -0.271. The van der Waals surface area contributed by atoms with Crippen molar-refractivity contribution >= 4 is 0 Å². The lowest BCUT2D eigenvalue weighted by Crippen LogP contribution is -2.28. The summed E-state index contributed by atoms with van der Waals surface area (Å²) >= 11 is 0. The van der Waals surface area contributed by atoms with Gasteiger partial charge in [-0.3, -0.25) is 0 Å². The van der Waals surface area contributed by atoms with Crippen LogP contribution >= 0.6 is 0 Å². The van der Waals surface area contributed by atoms with E-state index in [1.807, 2.05) is 13.0 Å². The Balaban J connectivity index is 2.03. The van der Waals surface area contributed by atoms with Crippen LogP contribution in [-0.2, 0) is 11.2 Å². The summed E-state index contributed by atoms with van der Waals surface area (Å²) < 4.78 is 24.7. The number of rotatable bonds is 5. The summed E-state index contributed by atoms with van der Waals surface area (Å²) in [6.45, 7) is 3.40. The van der Waals surface area contributed by atoms with Gasteiger partial charge in [0.05, 0.1) is 6.61 Å². The fourth-order valence-electron chi connectivity index (χ4n) is 2.25. The maximum absolute atomic E-state index is 13.6. The Hall–Kier alpha value is -1.13. The molecule has 1 heterocycles. The molecule has 1 aromatic rings. The van der Waals surface area contributed by atoms with Crippen LogP contribution in [0.25, 0.3) is 0 Å². The molecular weight excluding hydrogens is 245 g/mol. The lowest BCUT2D eigenvalue weighted by Gasteiger charge is -2.23. The maximum atomic E-state index is 13.6. The van der Waals surface area contributed by atoms with Gasteiger partial charge >= 0.3 is 0 Å². The first kappa shape index (κ1) is 14.3.